The van der Waals surface area contributed by atoms with Crippen molar-refractivity contribution in [2.45, 2.75) is 26.6 Å². The quantitative estimate of drug-likeness (QED) is 0.446. The SMILES string of the molecule is Cc1cnn(Cc2nc(-c3ccc(NC(=O)c4ccc(C(F)(F)F)cc4)cc3)oc2C)c1. The number of oxazole rings is 1. The Balaban J connectivity index is 1.44. The Hall–Kier alpha value is -3.88. The summed E-state index contributed by atoms with van der Waals surface area (Å²) >= 11 is 0. The van der Waals surface area contributed by atoms with Crippen LogP contribution in [0.15, 0.2) is 65.3 Å². The molecule has 0 atom stereocenters. The second-order valence-corrected chi connectivity index (χ2v) is 7.34. The molecule has 32 heavy (non-hydrogen) atoms. The number of amides is 1. The normalized spacial score (nSPS) is 11.5. The van der Waals surface area contributed by atoms with E-state index in [-0.39, 0.29) is 5.56 Å². The summed E-state index contributed by atoms with van der Waals surface area (Å²) in [5.41, 5.74) is 2.37. The van der Waals surface area contributed by atoms with Crippen molar-refractivity contribution in [3.05, 3.63) is 89.1 Å². The standard InChI is InChI=1S/C23H19F3N4O2/c1-14-11-27-30(12-14)13-20-15(2)32-22(29-20)17-5-9-19(10-6-17)28-21(31)16-3-7-18(8-4-16)23(24,25)26/h3-12H,13H2,1-2H3,(H,28,31). The van der Waals surface area contributed by atoms with E-state index in [1.807, 2.05) is 20.0 Å². The molecule has 0 aliphatic rings. The number of nitrogens with zero attached hydrogens (tertiary/aromatic N) is 3. The van der Waals surface area contributed by atoms with Crippen molar-refractivity contribution in [1.82, 2.24) is 14.8 Å². The molecule has 2 heterocycles. The van der Waals surface area contributed by atoms with Crippen LogP contribution >= 0.6 is 0 Å². The number of alkyl halides is 3. The molecule has 164 valence electrons. The van der Waals surface area contributed by atoms with Gasteiger partial charge in [0.05, 0.1) is 18.3 Å². The maximum absolute atomic E-state index is 12.7. The predicted octanol–water partition coefficient (Wildman–Crippen LogP) is 5.47. The lowest BCUT2D eigenvalue weighted by molar-refractivity contribution is -0.137. The second kappa shape index (κ2) is 8.33. The fraction of sp³-hybridized carbons (Fsp3) is 0.174. The molecule has 0 fully saturated rings. The number of hydrogen-bond acceptors (Lipinski definition) is 4. The van der Waals surface area contributed by atoms with Gasteiger partial charge >= 0.3 is 6.18 Å². The monoisotopic (exact) mass is 440 g/mol. The molecule has 0 saturated heterocycles. The van der Waals surface area contributed by atoms with Crippen LogP contribution in [0.25, 0.3) is 11.5 Å². The summed E-state index contributed by atoms with van der Waals surface area (Å²) in [6.07, 6.45) is -0.754. The second-order valence-electron chi connectivity index (χ2n) is 7.34. The average molecular weight is 440 g/mol. The summed E-state index contributed by atoms with van der Waals surface area (Å²) in [7, 11) is 0. The molecule has 0 unspecified atom stereocenters. The Morgan fingerprint density at radius 1 is 1.06 bits per heavy atom. The van der Waals surface area contributed by atoms with Crippen molar-refractivity contribution in [2.75, 3.05) is 5.32 Å². The van der Waals surface area contributed by atoms with Crippen molar-refractivity contribution in [1.29, 1.82) is 0 Å². The lowest BCUT2D eigenvalue weighted by Gasteiger charge is -2.08. The van der Waals surface area contributed by atoms with Crippen LogP contribution < -0.4 is 5.32 Å². The summed E-state index contributed by atoms with van der Waals surface area (Å²) in [6, 6.07) is 10.9. The number of anilines is 1. The van der Waals surface area contributed by atoms with Crippen LogP contribution in [-0.4, -0.2) is 20.7 Å². The number of aromatic nitrogens is 3. The van der Waals surface area contributed by atoms with E-state index in [0.717, 1.165) is 41.1 Å². The van der Waals surface area contributed by atoms with Gasteiger partial charge in [-0.3, -0.25) is 9.48 Å². The average Bonchev–Trinajstić information content (AvgIpc) is 3.33. The van der Waals surface area contributed by atoms with E-state index in [9.17, 15) is 18.0 Å². The first-order valence-electron chi connectivity index (χ1n) is 9.73. The lowest BCUT2D eigenvalue weighted by Crippen LogP contribution is -2.12. The van der Waals surface area contributed by atoms with Crippen molar-refractivity contribution in [3.8, 4) is 11.5 Å². The molecule has 1 amide bonds. The Morgan fingerprint density at radius 2 is 1.75 bits per heavy atom. The van der Waals surface area contributed by atoms with E-state index >= 15 is 0 Å². The number of benzene rings is 2. The molecule has 0 bridgehead atoms. The smallest absolute Gasteiger partial charge is 0.416 e. The highest BCUT2D eigenvalue weighted by Gasteiger charge is 2.30. The highest BCUT2D eigenvalue weighted by Crippen LogP contribution is 2.29. The molecule has 0 aliphatic carbocycles. The third-order valence-corrected chi connectivity index (χ3v) is 4.83. The minimum atomic E-state index is -4.44. The number of carbonyl (C=O) groups excluding carboxylic acids is 1. The van der Waals surface area contributed by atoms with E-state index < -0.39 is 17.6 Å². The highest BCUT2D eigenvalue weighted by atomic mass is 19.4. The summed E-state index contributed by atoms with van der Waals surface area (Å²) in [5, 5.41) is 6.92. The number of carbonyl (C=O) groups is 1. The van der Waals surface area contributed by atoms with Gasteiger partial charge in [-0.25, -0.2) is 4.98 Å². The minimum Gasteiger partial charge on any atom is -0.441 e. The van der Waals surface area contributed by atoms with Gasteiger partial charge in [0, 0.05) is 23.0 Å². The van der Waals surface area contributed by atoms with Crippen LogP contribution in [0.3, 0.4) is 0 Å². The summed E-state index contributed by atoms with van der Waals surface area (Å²) in [5.74, 6) is 0.630. The molecule has 4 aromatic rings. The molecule has 0 aliphatic heterocycles. The highest BCUT2D eigenvalue weighted by molar-refractivity contribution is 6.04. The van der Waals surface area contributed by atoms with Gasteiger partial charge in [0.15, 0.2) is 0 Å². The molecule has 1 N–H and O–H groups in total. The van der Waals surface area contributed by atoms with E-state index in [1.54, 1.807) is 35.1 Å². The van der Waals surface area contributed by atoms with Gasteiger partial charge in [-0.15, -0.1) is 0 Å². The predicted molar refractivity (Wildman–Crippen MR) is 112 cm³/mol. The fourth-order valence-corrected chi connectivity index (χ4v) is 3.12. The molecule has 9 heteroatoms. The van der Waals surface area contributed by atoms with Crippen LogP contribution in [0.5, 0.6) is 0 Å². The number of rotatable bonds is 5. The molecular weight excluding hydrogens is 421 g/mol. The number of nitrogens with one attached hydrogen (secondary N) is 1. The van der Waals surface area contributed by atoms with Gasteiger partial charge in [-0.2, -0.15) is 18.3 Å². The summed E-state index contributed by atoms with van der Waals surface area (Å²) < 4.78 is 45.6. The molecule has 0 spiro atoms. The van der Waals surface area contributed by atoms with Crippen LogP contribution in [-0.2, 0) is 12.7 Å². The largest absolute Gasteiger partial charge is 0.441 e. The Bertz CT molecular complexity index is 1240. The van der Waals surface area contributed by atoms with Crippen molar-refractivity contribution in [3.63, 3.8) is 0 Å². The zero-order chi connectivity index (χ0) is 22.9. The van der Waals surface area contributed by atoms with Crippen LogP contribution in [0.4, 0.5) is 18.9 Å². The van der Waals surface area contributed by atoms with E-state index in [4.69, 9.17) is 4.42 Å². The fourth-order valence-electron chi connectivity index (χ4n) is 3.12. The molecule has 6 nitrogen and oxygen atoms in total. The first kappa shape index (κ1) is 21.4. The van der Waals surface area contributed by atoms with E-state index in [2.05, 4.69) is 15.4 Å². The third-order valence-electron chi connectivity index (χ3n) is 4.83. The van der Waals surface area contributed by atoms with Crippen molar-refractivity contribution >= 4 is 11.6 Å². The summed E-state index contributed by atoms with van der Waals surface area (Å²) in [6.45, 7) is 4.29. The first-order chi connectivity index (χ1) is 15.2. The Kier molecular flexibility index (Phi) is 5.56. The number of aryl methyl sites for hydroxylation is 2. The van der Waals surface area contributed by atoms with Gasteiger partial charge < -0.3 is 9.73 Å². The third kappa shape index (κ3) is 4.72. The van der Waals surface area contributed by atoms with Crippen LogP contribution in [0.2, 0.25) is 0 Å². The van der Waals surface area contributed by atoms with Crippen molar-refractivity contribution < 1.29 is 22.4 Å². The summed E-state index contributed by atoms with van der Waals surface area (Å²) in [4.78, 5) is 16.9. The van der Waals surface area contributed by atoms with E-state index in [1.165, 1.54) is 0 Å². The van der Waals surface area contributed by atoms with Crippen LogP contribution in [0.1, 0.15) is 32.9 Å². The zero-order valence-electron chi connectivity index (χ0n) is 17.3. The molecule has 0 saturated carbocycles. The molecule has 2 aromatic carbocycles. The van der Waals surface area contributed by atoms with Gasteiger partial charge in [-0.1, -0.05) is 0 Å². The first-order valence-corrected chi connectivity index (χ1v) is 9.73. The number of hydrogen-bond donors (Lipinski definition) is 1. The Labute approximate surface area is 181 Å². The number of halogens is 3. The molecule has 2 aromatic heterocycles. The zero-order valence-corrected chi connectivity index (χ0v) is 17.3. The lowest BCUT2D eigenvalue weighted by atomic mass is 10.1. The Morgan fingerprint density at radius 3 is 2.34 bits per heavy atom. The molecule has 0 radical (unpaired) electrons. The maximum atomic E-state index is 12.7. The van der Waals surface area contributed by atoms with Gasteiger partial charge in [0.2, 0.25) is 5.89 Å². The molecular formula is C23H19F3N4O2. The van der Waals surface area contributed by atoms with E-state index in [0.29, 0.717) is 23.9 Å². The topological polar surface area (TPSA) is 73.0 Å². The molecule has 4 rings (SSSR count). The maximum Gasteiger partial charge on any atom is 0.416 e. The van der Waals surface area contributed by atoms with Gasteiger partial charge in [0.1, 0.15) is 11.5 Å². The van der Waals surface area contributed by atoms with Gasteiger partial charge in [0.25, 0.3) is 5.91 Å². The van der Waals surface area contributed by atoms with Gasteiger partial charge in [-0.05, 0) is 67.9 Å². The van der Waals surface area contributed by atoms with Crippen molar-refractivity contribution in [2.24, 2.45) is 0 Å². The van der Waals surface area contributed by atoms with Crippen LogP contribution in [0, 0.1) is 13.8 Å². The minimum absolute atomic E-state index is 0.129.